The van der Waals surface area contributed by atoms with E-state index in [4.69, 9.17) is 5.73 Å². The van der Waals surface area contributed by atoms with Crippen LogP contribution in [0.3, 0.4) is 0 Å². The lowest BCUT2D eigenvalue weighted by molar-refractivity contribution is 0.417. The van der Waals surface area contributed by atoms with E-state index < -0.39 is 15.8 Å². The standard InChI is InChI=1S/C11H17FN2O2S/c1-8(2)7-14(3)17(15,16)9-4-5-11(13)10(12)6-9/h4-6,8H,7,13H2,1-3H3. The minimum Gasteiger partial charge on any atom is -0.396 e. The number of halogens is 1. The van der Waals surface area contributed by atoms with Gasteiger partial charge in [0, 0.05) is 13.6 Å². The molecule has 0 aliphatic carbocycles. The molecular formula is C11H17FN2O2S. The molecule has 6 heteroatoms. The molecule has 1 rings (SSSR count). The van der Waals surface area contributed by atoms with Gasteiger partial charge in [-0.1, -0.05) is 13.8 Å². The maximum Gasteiger partial charge on any atom is 0.242 e. The zero-order chi connectivity index (χ0) is 13.2. The molecule has 0 saturated carbocycles. The largest absolute Gasteiger partial charge is 0.396 e. The molecule has 17 heavy (non-hydrogen) atoms. The van der Waals surface area contributed by atoms with Crippen molar-refractivity contribution < 1.29 is 12.8 Å². The summed E-state index contributed by atoms with van der Waals surface area (Å²) in [5.74, 6) is -0.516. The molecule has 0 heterocycles. The molecule has 0 atom stereocenters. The summed E-state index contributed by atoms with van der Waals surface area (Å²) in [6.07, 6.45) is 0. The van der Waals surface area contributed by atoms with Gasteiger partial charge in [0.25, 0.3) is 0 Å². The van der Waals surface area contributed by atoms with Gasteiger partial charge in [-0.15, -0.1) is 0 Å². The van der Waals surface area contributed by atoms with Gasteiger partial charge in [-0.3, -0.25) is 0 Å². The van der Waals surface area contributed by atoms with Crippen LogP contribution in [0.5, 0.6) is 0 Å². The van der Waals surface area contributed by atoms with Gasteiger partial charge in [-0.25, -0.2) is 17.1 Å². The maximum absolute atomic E-state index is 13.2. The van der Waals surface area contributed by atoms with E-state index in [0.29, 0.717) is 6.54 Å². The number of benzene rings is 1. The van der Waals surface area contributed by atoms with Crippen molar-refractivity contribution in [1.82, 2.24) is 4.31 Å². The third-order valence-electron chi connectivity index (χ3n) is 2.30. The lowest BCUT2D eigenvalue weighted by Crippen LogP contribution is -2.30. The van der Waals surface area contributed by atoms with Gasteiger partial charge in [0.05, 0.1) is 10.6 Å². The van der Waals surface area contributed by atoms with E-state index in [9.17, 15) is 12.8 Å². The van der Waals surface area contributed by atoms with Crippen LogP contribution in [-0.4, -0.2) is 26.3 Å². The number of hydrogen-bond acceptors (Lipinski definition) is 3. The van der Waals surface area contributed by atoms with Gasteiger partial charge in [0.2, 0.25) is 10.0 Å². The Bertz CT molecular complexity index is 500. The Labute approximate surface area is 101 Å². The van der Waals surface area contributed by atoms with Crippen LogP contribution in [0.4, 0.5) is 10.1 Å². The molecule has 0 amide bonds. The van der Waals surface area contributed by atoms with Gasteiger partial charge in [0.1, 0.15) is 5.82 Å². The quantitative estimate of drug-likeness (QED) is 0.838. The third-order valence-corrected chi connectivity index (χ3v) is 4.12. The van der Waals surface area contributed by atoms with Gasteiger partial charge in [-0.2, -0.15) is 0 Å². The summed E-state index contributed by atoms with van der Waals surface area (Å²) in [4.78, 5) is -0.0765. The molecule has 1 aromatic rings. The van der Waals surface area contributed by atoms with Crippen LogP contribution < -0.4 is 5.73 Å². The van der Waals surface area contributed by atoms with Crippen molar-refractivity contribution in [3.8, 4) is 0 Å². The Morgan fingerprint density at radius 2 is 2.00 bits per heavy atom. The molecule has 0 spiro atoms. The number of nitrogen functional groups attached to an aromatic ring is 1. The van der Waals surface area contributed by atoms with E-state index in [2.05, 4.69) is 0 Å². The fraction of sp³-hybridized carbons (Fsp3) is 0.455. The zero-order valence-corrected chi connectivity index (χ0v) is 11.0. The van der Waals surface area contributed by atoms with Crippen molar-refractivity contribution in [2.45, 2.75) is 18.7 Å². The zero-order valence-electron chi connectivity index (χ0n) is 10.1. The van der Waals surface area contributed by atoms with Crippen LogP contribution in [0, 0.1) is 11.7 Å². The van der Waals surface area contributed by atoms with Gasteiger partial charge in [-0.05, 0) is 24.1 Å². The van der Waals surface area contributed by atoms with Crippen molar-refractivity contribution in [3.05, 3.63) is 24.0 Å². The van der Waals surface area contributed by atoms with Crippen molar-refractivity contribution in [1.29, 1.82) is 0 Å². The number of nitrogens with two attached hydrogens (primary N) is 1. The van der Waals surface area contributed by atoms with Crippen LogP contribution >= 0.6 is 0 Å². The minimum absolute atomic E-state index is 0.0598. The molecule has 0 fully saturated rings. The van der Waals surface area contributed by atoms with Crippen LogP contribution in [0.1, 0.15) is 13.8 Å². The first-order valence-electron chi connectivity index (χ1n) is 5.26. The molecule has 1 aromatic carbocycles. The summed E-state index contributed by atoms with van der Waals surface area (Å²) >= 11 is 0. The van der Waals surface area contributed by atoms with Gasteiger partial charge >= 0.3 is 0 Å². The first-order chi connectivity index (χ1) is 7.75. The Morgan fingerprint density at radius 3 is 2.47 bits per heavy atom. The van der Waals surface area contributed by atoms with E-state index in [0.717, 1.165) is 6.07 Å². The van der Waals surface area contributed by atoms with Crippen molar-refractivity contribution in [3.63, 3.8) is 0 Å². The summed E-state index contributed by atoms with van der Waals surface area (Å²) in [6.45, 7) is 4.21. The molecule has 2 N–H and O–H groups in total. The second kappa shape index (κ2) is 5.01. The molecule has 0 aromatic heterocycles. The molecule has 96 valence electrons. The van der Waals surface area contributed by atoms with Crippen molar-refractivity contribution in [2.24, 2.45) is 5.92 Å². The van der Waals surface area contributed by atoms with Crippen molar-refractivity contribution in [2.75, 3.05) is 19.3 Å². The Kier molecular flexibility index (Phi) is 4.11. The summed E-state index contributed by atoms with van der Waals surface area (Å²) in [6, 6.07) is 3.51. The second-order valence-corrected chi connectivity index (χ2v) is 6.41. The van der Waals surface area contributed by atoms with Crippen molar-refractivity contribution >= 4 is 15.7 Å². The van der Waals surface area contributed by atoms with Crippen LogP contribution in [-0.2, 0) is 10.0 Å². The average Bonchev–Trinajstić information content (AvgIpc) is 2.20. The van der Waals surface area contributed by atoms with E-state index in [1.807, 2.05) is 13.8 Å². The lowest BCUT2D eigenvalue weighted by Gasteiger charge is -2.19. The number of hydrogen-bond donors (Lipinski definition) is 1. The molecule has 0 unspecified atom stereocenters. The highest BCUT2D eigenvalue weighted by atomic mass is 32.2. The summed E-state index contributed by atoms with van der Waals surface area (Å²) in [7, 11) is -2.16. The summed E-state index contributed by atoms with van der Waals surface area (Å²) in [5, 5.41) is 0. The molecule has 0 aliphatic heterocycles. The minimum atomic E-state index is -3.64. The van der Waals surface area contributed by atoms with Gasteiger partial charge < -0.3 is 5.73 Å². The highest BCUT2D eigenvalue weighted by Gasteiger charge is 2.22. The predicted molar refractivity (Wildman–Crippen MR) is 65.5 cm³/mol. The molecule has 0 radical (unpaired) electrons. The van der Waals surface area contributed by atoms with E-state index >= 15 is 0 Å². The fourth-order valence-corrected chi connectivity index (χ4v) is 2.81. The van der Waals surface area contributed by atoms with E-state index in [1.54, 1.807) is 0 Å². The highest BCUT2D eigenvalue weighted by Crippen LogP contribution is 2.19. The maximum atomic E-state index is 13.2. The molecule has 0 saturated heterocycles. The van der Waals surface area contributed by atoms with E-state index in [-0.39, 0.29) is 16.5 Å². The Hall–Kier alpha value is -1.14. The van der Waals surface area contributed by atoms with E-state index in [1.165, 1.54) is 23.5 Å². The van der Waals surface area contributed by atoms with Crippen LogP contribution in [0.15, 0.2) is 23.1 Å². The molecule has 0 bridgehead atoms. The van der Waals surface area contributed by atoms with Crippen LogP contribution in [0.25, 0.3) is 0 Å². The third kappa shape index (κ3) is 3.17. The lowest BCUT2D eigenvalue weighted by atomic mass is 10.2. The number of sulfonamides is 1. The molecule has 0 aliphatic rings. The summed E-state index contributed by atoms with van der Waals surface area (Å²) < 4.78 is 38.5. The highest BCUT2D eigenvalue weighted by molar-refractivity contribution is 7.89. The topological polar surface area (TPSA) is 63.4 Å². The predicted octanol–water partition coefficient (Wildman–Crippen LogP) is 1.68. The first kappa shape index (κ1) is 13.9. The smallest absolute Gasteiger partial charge is 0.242 e. The van der Waals surface area contributed by atoms with Crippen LogP contribution in [0.2, 0.25) is 0 Å². The molecule has 4 nitrogen and oxygen atoms in total. The number of nitrogens with zero attached hydrogens (tertiary/aromatic N) is 1. The monoisotopic (exact) mass is 260 g/mol. The Morgan fingerprint density at radius 1 is 1.41 bits per heavy atom. The fourth-order valence-electron chi connectivity index (χ4n) is 1.46. The second-order valence-electron chi connectivity index (χ2n) is 4.36. The first-order valence-corrected chi connectivity index (χ1v) is 6.70. The SMILES string of the molecule is CC(C)CN(C)S(=O)(=O)c1ccc(N)c(F)c1. The molecular weight excluding hydrogens is 243 g/mol. The normalized spacial score (nSPS) is 12.4. The number of rotatable bonds is 4. The summed E-state index contributed by atoms with van der Waals surface area (Å²) in [5.41, 5.74) is 5.25. The Balaban J connectivity index is 3.09. The average molecular weight is 260 g/mol. The number of anilines is 1. The van der Waals surface area contributed by atoms with Gasteiger partial charge in [0.15, 0.2) is 0 Å².